The van der Waals surface area contributed by atoms with E-state index >= 15 is 0 Å². The highest BCUT2D eigenvalue weighted by atomic mass is 15.1. The van der Waals surface area contributed by atoms with Gasteiger partial charge in [0.25, 0.3) is 0 Å². The number of imidazole rings is 1. The van der Waals surface area contributed by atoms with Crippen LogP contribution in [0.3, 0.4) is 0 Å². The van der Waals surface area contributed by atoms with Gasteiger partial charge in [-0.1, -0.05) is 0 Å². The Labute approximate surface area is 84.5 Å². The van der Waals surface area contributed by atoms with Crippen molar-refractivity contribution in [1.29, 1.82) is 0 Å². The fourth-order valence-corrected chi connectivity index (χ4v) is 2.92. The van der Waals surface area contributed by atoms with E-state index < -0.39 is 0 Å². The molecule has 0 amide bonds. The summed E-state index contributed by atoms with van der Waals surface area (Å²) in [6.45, 7) is 2.40. The Bertz CT molecular complexity index is 312. The second-order valence-electron chi connectivity index (χ2n) is 4.50. The van der Waals surface area contributed by atoms with Crippen LogP contribution < -0.4 is 5.32 Å². The Balaban J connectivity index is 1.88. The lowest BCUT2D eigenvalue weighted by molar-refractivity contribution is 0.295. The highest BCUT2D eigenvalue weighted by Gasteiger charge is 2.29. The fraction of sp³-hybridized carbons (Fsp3) is 0.727. The van der Waals surface area contributed by atoms with Crippen molar-refractivity contribution in [2.45, 2.75) is 31.7 Å². The van der Waals surface area contributed by atoms with Gasteiger partial charge in [0, 0.05) is 17.9 Å². The first-order chi connectivity index (χ1) is 6.95. The summed E-state index contributed by atoms with van der Waals surface area (Å²) < 4.78 is 2.42. The first kappa shape index (κ1) is 8.48. The molecule has 0 radical (unpaired) electrons. The van der Waals surface area contributed by atoms with Crippen molar-refractivity contribution in [3.8, 4) is 0 Å². The summed E-state index contributed by atoms with van der Waals surface area (Å²) in [4.78, 5) is 4.27. The summed E-state index contributed by atoms with van der Waals surface area (Å²) in [6.07, 6.45) is 9.30. The Hall–Kier alpha value is -0.830. The number of nitrogens with one attached hydrogen (secondary N) is 1. The molecule has 0 spiro atoms. The highest BCUT2D eigenvalue weighted by Crippen LogP contribution is 2.33. The highest BCUT2D eigenvalue weighted by molar-refractivity contribution is 5.05. The van der Waals surface area contributed by atoms with Gasteiger partial charge in [-0.05, 0) is 44.7 Å². The lowest BCUT2D eigenvalue weighted by atomic mass is 9.91. The molecule has 2 aliphatic rings. The molecule has 14 heavy (non-hydrogen) atoms. The van der Waals surface area contributed by atoms with Gasteiger partial charge in [0.1, 0.15) is 0 Å². The lowest BCUT2D eigenvalue weighted by Crippen LogP contribution is -2.25. The topological polar surface area (TPSA) is 29.9 Å². The summed E-state index contributed by atoms with van der Waals surface area (Å²) >= 11 is 0. The number of aromatic nitrogens is 2. The molecule has 2 atom stereocenters. The molecular formula is C11H17N3. The van der Waals surface area contributed by atoms with Crippen molar-refractivity contribution >= 4 is 0 Å². The maximum absolute atomic E-state index is 4.27. The lowest BCUT2D eigenvalue weighted by Gasteiger charge is -2.29. The molecule has 0 aliphatic carbocycles. The predicted octanol–water partition coefficient (Wildman–Crippen LogP) is 1.37. The first-order valence-electron chi connectivity index (χ1n) is 5.66. The monoisotopic (exact) mass is 191 g/mol. The standard InChI is InChI=1S/C11H17N3/c1-2-10-7-13-8-14(10)11(3-1)9-4-5-12-6-9/h7-9,11-12H,1-6H2. The third kappa shape index (κ3) is 1.27. The molecular weight excluding hydrogens is 174 g/mol. The van der Waals surface area contributed by atoms with E-state index in [0.717, 1.165) is 12.0 Å². The number of nitrogens with zero attached hydrogens (tertiary/aromatic N) is 2. The van der Waals surface area contributed by atoms with Crippen LogP contribution in [0.4, 0.5) is 0 Å². The number of aryl methyl sites for hydroxylation is 1. The normalized spacial score (nSPS) is 31.7. The van der Waals surface area contributed by atoms with Gasteiger partial charge in [0.15, 0.2) is 0 Å². The third-order valence-electron chi connectivity index (χ3n) is 3.68. The van der Waals surface area contributed by atoms with Crippen LogP contribution in [0.5, 0.6) is 0 Å². The van der Waals surface area contributed by atoms with E-state index in [1.807, 2.05) is 12.5 Å². The molecule has 1 fully saturated rings. The Morgan fingerprint density at radius 3 is 3.29 bits per heavy atom. The second-order valence-corrected chi connectivity index (χ2v) is 4.50. The van der Waals surface area contributed by atoms with Crippen molar-refractivity contribution in [3.05, 3.63) is 18.2 Å². The zero-order valence-electron chi connectivity index (χ0n) is 8.45. The average Bonchev–Trinajstić information content (AvgIpc) is 2.88. The second kappa shape index (κ2) is 3.39. The van der Waals surface area contributed by atoms with Crippen LogP contribution in [0.15, 0.2) is 12.5 Å². The van der Waals surface area contributed by atoms with Crippen LogP contribution in [0.1, 0.15) is 31.0 Å². The molecule has 76 valence electrons. The largest absolute Gasteiger partial charge is 0.331 e. The molecule has 3 rings (SSSR count). The maximum Gasteiger partial charge on any atom is 0.0950 e. The van der Waals surface area contributed by atoms with Gasteiger partial charge in [0.05, 0.1) is 6.33 Å². The van der Waals surface area contributed by atoms with E-state index in [2.05, 4.69) is 14.9 Å². The van der Waals surface area contributed by atoms with Crippen molar-refractivity contribution in [2.75, 3.05) is 13.1 Å². The molecule has 3 heterocycles. The van der Waals surface area contributed by atoms with Gasteiger partial charge >= 0.3 is 0 Å². The van der Waals surface area contributed by atoms with E-state index in [0.29, 0.717) is 0 Å². The van der Waals surface area contributed by atoms with Crippen LogP contribution in [-0.4, -0.2) is 22.6 Å². The Morgan fingerprint density at radius 2 is 2.43 bits per heavy atom. The summed E-state index contributed by atoms with van der Waals surface area (Å²) in [5.74, 6) is 0.836. The summed E-state index contributed by atoms with van der Waals surface area (Å²) in [5.41, 5.74) is 1.44. The molecule has 0 bridgehead atoms. The SMILES string of the molecule is c1ncn2c1CCCC2C1CCNC1. The molecule has 0 saturated carbocycles. The molecule has 1 saturated heterocycles. The molecule has 2 unspecified atom stereocenters. The summed E-state index contributed by atoms with van der Waals surface area (Å²) in [6, 6.07) is 0.719. The van der Waals surface area contributed by atoms with E-state index in [4.69, 9.17) is 0 Å². The zero-order chi connectivity index (χ0) is 9.38. The van der Waals surface area contributed by atoms with Gasteiger partial charge < -0.3 is 9.88 Å². The molecule has 1 N–H and O–H groups in total. The minimum atomic E-state index is 0.719. The summed E-state index contributed by atoms with van der Waals surface area (Å²) in [5, 5.41) is 3.46. The molecule has 3 nitrogen and oxygen atoms in total. The predicted molar refractivity (Wildman–Crippen MR) is 55.2 cm³/mol. The number of hydrogen-bond acceptors (Lipinski definition) is 2. The third-order valence-corrected chi connectivity index (χ3v) is 3.68. The van der Waals surface area contributed by atoms with Crippen LogP contribution in [0.2, 0.25) is 0 Å². The van der Waals surface area contributed by atoms with E-state index in [9.17, 15) is 0 Å². The smallest absolute Gasteiger partial charge is 0.0950 e. The van der Waals surface area contributed by atoms with Crippen molar-refractivity contribution in [2.24, 2.45) is 5.92 Å². The van der Waals surface area contributed by atoms with E-state index in [1.165, 1.54) is 44.5 Å². The zero-order valence-corrected chi connectivity index (χ0v) is 8.45. The van der Waals surface area contributed by atoms with Crippen LogP contribution in [-0.2, 0) is 6.42 Å². The minimum Gasteiger partial charge on any atom is -0.331 e. The molecule has 0 aromatic carbocycles. The number of hydrogen-bond donors (Lipinski definition) is 1. The minimum absolute atomic E-state index is 0.719. The number of fused-ring (bicyclic) bond motifs is 1. The number of rotatable bonds is 1. The van der Waals surface area contributed by atoms with E-state index in [-0.39, 0.29) is 0 Å². The van der Waals surface area contributed by atoms with Gasteiger partial charge in [-0.15, -0.1) is 0 Å². The molecule has 3 heteroatoms. The van der Waals surface area contributed by atoms with Crippen LogP contribution >= 0.6 is 0 Å². The first-order valence-corrected chi connectivity index (χ1v) is 5.66. The fourth-order valence-electron chi connectivity index (χ4n) is 2.92. The van der Waals surface area contributed by atoms with Crippen LogP contribution in [0, 0.1) is 5.92 Å². The summed E-state index contributed by atoms with van der Waals surface area (Å²) in [7, 11) is 0. The maximum atomic E-state index is 4.27. The average molecular weight is 191 g/mol. The van der Waals surface area contributed by atoms with Crippen molar-refractivity contribution in [3.63, 3.8) is 0 Å². The Kier molecular flexibility index (Phi) is 2.05. The van der Waals surface area contributed by atoms with Gasteiger partial charge in [-0.25, -0.2) is 4.98 Å². The van der Waals surface area contributed by atoms with Gasteiger partial charge in [-0.3, -0.25) is 0 Å². The molecule has 1 aromatic heterocycles. The molecule has 1 aromatic rings. The van der Waals surface area contributed by atoms with E-state index in [1.54, 1.807) is 0 Å². The van der Waals surface area contributed by atoms with Gasteiger partial charge in [-0.2, -0.15) is 0 Å². The quantitative estimate of drug-likeness (QED) is 0.726. The van der Waals surface area contributed by atoms with Crippen LogP contribution in [0.25, 0.3) is 0 Å². The Morgan fingerprint density at radius 1 is 1.43 bits per heavy atom. The van der Waals surface area contributed by atoms with Crippen molar-refractivity contribution in [1.82, 2.24) is 14.9 Å². The van der Waals surface area contributed by atoms with Gasteiger partial charge in [0.2, 0.25) is 0 Å². The molecule has 2 aliphatic heterocycles. The van der Waals surface area contributed by atoms with Crippen molar-refractivity contribution < 1.29 is 0 Å².